The molecule has 3 rings (SSSR count). The number of carbonyl (C=O) groups is 2. The molecule has 1 saturated heterocycles. The van der Waals surface area contributed by atoms with Crippen molar-refractivity contribution in [1.29, 1.82) is 0 Å². The zero-order valence-electron chi connectivity index (χ0n) is 15.3. The zero-order chi connectivity index (χ0) is 19.9. The number of benzene rings is 2. The van der Waals surface area contributed by atoms with Crippen molar-refractivity contribution >= 4 is 17.6 Å². The van der Waals surface area contributed by atoms with Crippen LogP contribution in [0.25, 0.3) is 0 Å². The number of anilines is 1. The van der Waals surface area contributed by atoms with Crippen LogP contribution in [0.3, 0.4) is 0 Å². The lowest BCUT2D eigenvalue weighted by Gasteiger charge is -2.34. The summed E-state index contributed by atoms with van der Waals surface area (Å²) in [4.78, 5) is 27.8. The van der Waals surface area contributed by atoms with E-state index in [0.717, 1.165) is 17.7 Å². The van der Waals surface area contributed by atoms with Crippen molar-refractivity contribution in [3.63, 3.8) is 0 Å². The molecule has 0 saturated carbocycles. The number of amides is 3. The monoisotopic (exact) mass is 388 g/mol. The molecular weight excluding hydrogens is 366 g/mol. The molecule has 1 aliphatic heterocycles. The zero-order valence-corrected chi connectivity index (χ0v) is 15.3. The number of halogens is 2. The van der Waals surface area contributed by atoms with E-state index in [9.17, 15) is 18.4 Å². The van der Waals surface area contributed by atoms with E-state index in [4.69, 9.17) is 0 Å². The van der Waals surface area contributed by atoms with Gasteiger partial charge in [-0.05, 0) is 17.7 Å². The van der Waals surface area contributed by atoms with Crippen LogP contribution >= 0.6 is 0 Å². The van der Waals surface area contributed by atoms with E-state index < -0.39 is 17.7 Å². The molecule has 3 amide bonds. The van der Waals surface area contributed by atoms with E-state index in [-0.39, 0.29) is 18.1 Å². The normalized spacial score (nSPS) is 14.6. The number of piperazine rings is 1. The van der Waals surface area contributed by atoms with Crippen molar-refractivity contribution in [3.8, 4) is 0 Å². The van der Waals surface area contributed by atoms with E-state index in [0.29, 0.717) is 32.7 Å². The Morgan fingerprint density at radius 1 is 0.964 bits per heavy atom. The second-order valence-electron chi connectivity index (χ2n) is 6.58. The predicted molar refractivity (Wildman–Crippen MR) is 102 cm³/mol. The van der Waals surface area contributed by atoms with E-state index in [1.165, 1.54) is 6.07 Å². The highest BCUT2D eigenvalue weighted by Gasteiger charge is 2.23. The number of nitrogens with one attached hydrogen (secondary N) is 2. The molecule has 1 heterocycles. The van der Waals surface area contributed by atoms with E-state index in [1.54, 1.807) is 4.90 Å². The molecular formula is C20H22F2N4O2. The van der Waals surface area contributed by atoms with Gasteiger partial charge in [-0.25, -0.2) is 13.6 Å². The molecule has 0 spiro atoms. The molecule has 0 atom stereocenters. The summed E-state index contributed by atoms with van der Waals surface area (Å²) in [5.41, 5.74) is 0.972. The third kappa shape index (κ3) is 5.50. The molecule has 2 aromatic rings. The topological polar surface area (TPSA) is 64.7 Å². The smallest absolute Gasteiger partial charge is 0.322 e. The average Bonchev–Trinajstić information content (AvgIpc) is 2.70. The van der Waals surface area contributed by atoms with Crippen molar-refractivity contribution < 1.29 is 18.4 Å². The van der Waals surface area contributed by atoms with Gasteiger partial charge < -0.3 is 15.5 Å². The average molecular weight is 388 g/mol. The summed E-state index contributed by atoms with van der Waals surface area (Å²) in [6.07, 6.45) is 0. The largest absolute Gasteiger partial charge is 0.351 e. The maximum atomic E-state index is 13.7. The number of carbonyl (C=O) groups excluding carboxylic acids is 2. The molecule has 6 nitrogen and oxygen atoms in total. The van der Waals surface area contributed by atoms with Crippen LogP contribution in [0.5, 0.6) is 0 Å². The van der Waals surface area contributed by atoms with Gasteiger partial charge in [0.15, 0.2) is 0 Å². The first kappa shape index (κ1) is 19.8. The van der Waals surface area contributed by atoms with Gasteiger partial charge in [-0.1, -0.05) is 30.3 Å². The van der Waals surface area contributed by atoms with Crippen LogP contribution < -0.4 is 10.6 Å². The van der Waals surface area contributed by atoms with E-state index in [1.807, 2.05) is 35.2 Å². The molecule has 0 unspecified atom stereocenters. The lowest BCUT2D eigenvalue weighted by atomic mass is 10.2. The van der Waals surface area contributed by atoms with Crippen LogP contribution in [0.15, 0.2) is 48.5 Å². The summed E-state index contributed by atoms with van der Waals surface area (Å²) >= 11 is 0. The van der Waals surface area contributed by atoms with Gasteiger partial charge in [0.05, 0.1) is 12.2 Å². The first-order valence-corrected chi connectivity index (χ1v) is 9.05. The van der Waals surface area contributed by atoms with Crippen molar-refractivity contribution in [2.75, 3.05) is 38.0 Å². The summed E-state index contributed by atoms with van der Waals surface area (Å²) < 4.78 is 26.6. The molecule has 0 bridgehead atoms. The predicted octanol–water partition coefficient (Wildman–Crippen LogP) is 2.43. The van der Waals surface area contributed by atoms with Gasteiger partial charge in [-0.3, -0.25) is 9.69 Å². The van der Waals surface area contributed by atoms with Gasteiger partial charge in [0.25, 0.3) is 0 Å². The Morgan fingerprint density at radius 2 is 1.68 bits per heavy atom. The van der Waals surface area contributed by atoms with Crippen molar-refractivity contribution in [2.45, 2.75) is 6.54 Å². The SMILES string of the molecule is O=C(CN1CCN(C(=O)Nc2ccc(F)cc2F)CC1)NCc1ccccc1. The number of hydrogen-bond donors (Lipinski definition) is 2. The molecule has 148 valence electrons. The highest BCUT2D eigenvalue weighted by molar-refractivity contribution is 5.89. The lowest BCUT2D eigenvalue weighted by molar-refractivity contribution is -0.122. The molecule has 0 aliphatic carbocycles. The first-order chi connectivity index (χ1) is 13.5. The third-order valence-corrected chi connectivity index (χ3v) is 4.53. The highest BCUT2D eigenvalue weighted by atomic mass is 19.1. The molecule has 1 aliphatic rings. The summed E-state index contributed by atoms with van der Waals surface area (Å²) in [6.45, 7) is 2.65. The van der Waals surface area contributed by atoms with Crippen LogP contribution in [-0.2, 0) is 11.3 Å². The highest BCUT2D eigenvalue weighted by Crippen LogP contribution is 2.16. The number of nitrogens with zero attached hydrogens (tertiary/aromatic N) is 2. The van der Waals surface area contributed by atoms with E-state index in [2.05, 4.69) is 10.6 Å². The standard InChI is InChI=1S/C20H22F2N4O2/c21-16-6-7-18(17(22)12-16)24-20(28)26-10-8-25(9-11-26)14-19(27)23-13-15-4-2-1-3-5-15/h1-7,12H,8-11,13-14H2,(H,23,27)(H,24,28). The summed E-state index contributed by atoms with van der Waals surface area (Å²) in [7, 11) is 0. The maximum absolute atomic E-state index is 13.7. The Balaban J connectivity index is 1.41. The van der Waals surface area contributed by atoms with Gasteiger partial charge in [-0.2, -0.15) is 0 Å². The Labute approximate surface area is 162 Å². The summed E-state index contributed by atoms with van der Waals surface area (Å²) in [5.74, 6) is -1.59. The van der Waals surface area contributed by atoms with Crippen LogP contribution in [0.2, 0.25) is 0 Å². The Bertz CT molecular complexity index is 824. The summed E-state index contributed by atoms with van der Waals surface area (Å²) in [5, 5.41) is 5.33. The second-order valence-corrected chi connectivity index (χ2v) is 6.58. The number of urea groups is 1. The van der Waals surface area contributed by atoms with Gasteiger partial charge in [-0.15, -0.1) is 0 Å². The summed E-state index contributed by atoms with van der Waals surface area (Å²) in [6, 6.07) is 12.2. The minimum atomic E-state index is -0.818. The Kier molecular flexibility index (Phi) is 6.54. The van der Waals surface area contributed by atoms with Crippen LogP contribution in [0.1, 0.15) is 5.56 Å². The molecule has 2 N–H and O–H groups in total. The van der Waals surface area contributed by atoms with Gasteiger partial charge in [0, 0.05) is 38.8 Å². The quantitative estimate of drug-likeness (QED) is 0.827. The van der Waals surface area contributed by atoms with Gasteiger partial charge in [0.2, 0.25) is 5.91 Å². The number of rotatable bonds is 5. The molecule has 0 aromatic heterocycles. The lowest BCUT2D eigenvalue weighted by Crippen LogP contribution is -2.52. The van der Waals surface area contributed by atoms with Crippen molar-refractivity contribution in [1.82, 2.24) is 15.1 Å². The molecule has 0 radical (unpaired) electrons. The van der Waals surface area contributed by atoms with Gasteiger partial charge >= 0.3 is 6.03 Å². The fourth-order valence-corrected chi connectivity index (χ4v) is 2.95. The van der Waals surface area contributed by atoms with Crippen LogP contribution in [0.4, 0.5) is 19.3 Å². The van der Waals surface area contributed by atoms with Crippen molar-refractivity contribution in [3.05, 3.63) is 65.7 Å². The minimum Gasteiger partial charge on any atom is -0.351 e. The second kappa shape index (κ2) is 9.27. The third-order valence-electron chi connectivity index (χ3n) is 4.53. The Hall–Kier alpha value is -3.00. The van der Waals surface area contributed by atoms with Crippen LogP contribution in [0, 0.1) is 11.6 Å². The molecule has 8 heteroatoms. The molecule has 28 heavy (non-hydrogen) atoms. The fourth-order valence-electron chi connectivity index (χ4n) is 2.95. The van der Waals surface area contributed by atoms with Crippen LogP contribution in [-0.4, -0.2) is 54.5 Å². The maximum Gasteiger partial charge on any atom is 0.322 e. The van der Waals surface area contributed by atoms with Crippen molar-refractivity contribution in [2.24, 2.45) is 0 Å². The molecule has 2 aromatic carbocycles. The first-order valence-electron chi connectivity index (χ1n) is 9.05. The molecule has 1 fully saturated rings. The van der Waals surface area contributed by atoms with E-state index >= 15 is 0 Å². The number of hydrogen-bond acceptors (Lipinski definition) is 3. The Morgan fingerprint density at radius 3 is 2.36 bits per heavy atom. The minimum absolute atomic E-state index is 0.0610. The van der Waals surface area contributed by atoms with Gasteiger partial charge in [0.1, 0.15) is 11.6 Å². The fraction of sp³-hybridized carbons (Fsp3) is 0.300.